The fraction of sp³-hybridized carbons (Fsp3) is 0.458. The lowest BCUT2D eigenvalue weighted by Crippen LogP contribution is -2.44. The van der Waals surface area contributed by atoms with Gasteiger partial charge in [-0.25, -0.2) is 9.78 Å². The number of anilines is 2. The Kier molecular flexibility index (Phi) is 7.69. The van der Waals surface area contributed by atoms with Crippen molar-refractivity contribution in [2.45, 2.75) is 27.3 Å². The van der Waals surface area contributed by atoms with Crippen LogP contribution < -0.4 is 15.5 Å². The Balaban J connectivity index is 1.51. The van der Waals surface area contributed by atoms with E-state index in [1.54, 1.807) is 13.2 Å². The van der Waals surface area contributed by atoms with Crippen LogP contribution >= 0.6 is 0 Å². The van der Waals surface area contributed by atoms with E-state index < -0.39 is 0 Å². The molecule has 0 unspecified atom stereocenters. The average Bonchev–Trinajstić information content (AvgIpc) is 2.75. The van der Waals surface area contributed by atoms with E-state index in [1.807, 2.05) is 45.0 Å². The van der Waals surface area contributed by atoms with Gasteiger partial charge in [0.05, 0.1) is 0 Å². The molecule has 3 amide bonds. The number of urea groups is 1. The van der Waals surface area contributed by atoms with E-state index in [-0.39, 0.29) is 18.5 Å². The van der Waals surface area contributed by atoms with Crippen molar-refractivity contribution >= 4 is 23.4 Å². The maximum absolute atomic E-state index is 12.5. The van der Waals surface area contributed by atoms with Crippen LogP contribution in [0.25, 0.3) is 0 Å². The molecule has 0 saturated carbocycles. The number of hydrogen-bond donors (Lipinski definition) is 2. The van der Waals surface area contributed by atoms with Crippen LogP contribution in [0.1, 0.15) is 22.3 Å². The van der Waals surface area contributed by atoms with Crippen LogP contribution in [0.3, 0.4) is 0 Å². The molecule has 2 heterocycles. The summed E-state index contributed by atoms with van der Waals surface area (Å²) in [6.07, 6.45) is 1.78. The van der Waals surface area contributed by atoms with E-state index >= 15 is 0 Å². The first-order chi connectivity index (χ1) is 15.2. The Labute approximate surface area is 190 Å². The van der Waals surface area contributed by atoms with Crippen LogP contribution in [0.5, 0.6) is 0 Å². The number of amides is 3. The first-order valence-corrected chi connectivity index (χ1v) is 11.0. The molecule has 1 aliphatic heterocycles. The summed E-state index contributed by atoms with van der Waals surface area (Å²) in [4.78, 5) is 35.4. The van der Waals surface area contributed by atoms with Crippen LogP contribution in [0.2, 0.25) is 0 Å². The summed E-state index contributed by atoms with van der Waals surface area (Å²) in [6, 6.07) is 7.68. The van der Waals surface area contributed by atoms with E-state index in [1.165, 1.54) is 4.90 Å². The van der Waals surface area contributed by atoms with Crippen molar-refractivity contribution < 1.29 is 9.59 Å². The number of likely N-dealkylation sites (N-methyl/N-ethyl adjacent to an activating group) is 2. The van der Waals surface area contributed by atoms with Gasteiger partial charge in [-0.1, -0.05) is 17.7 Å². The molecule has 0 radical (unpaired) electrons. The number of carbonyl (C=O) groups excluding carboxylic acids is 2. The number of carbonyl (C=O) groups is 2. The summed E-state index contributed by atoms with van der Waals surface area (Å²) in [6.45, 7) is 10.2. The Morgan fingerprint density at radius 1 is 1.06 bits per heavy atom. The second kappa shape index (κ2) is 10.5. The number of piperazine rings is 1. The number of aryl methyl sites for hydroxylation is 3. The van der Waals surface area contributed by atoms with Gasteiger partial charge in [0.25, 0.3) is 0 Å². The molecule has 32 heavy (non-hydrogen) atoms. The zero-order valence-electron chi connectivity index (χ0n) is 19.7. The van der Waals surface area contributed by atoms with Crippen LogP contribution in [0, 0.1) is 20.8 Å². The highest BCUT2D eigenvalue weighted by Crippen LogP contribution is 2.21. The van der Waals surface area contributed by atoms with Gasteiger partial charge in [-0.3, -0.25) is 4.79 Å². The summed E-state index contributed by atoms with van der Waals surface area (Å²) in [7, 11) is 3.74. The second-order valence-electron chi connectivity index (χ2n) is 8.65. The maximum atomic E-state index is 12.5. The van der Waals surface area contributed by atoms with Gasteiger partial charge >= 0.3 is 6.03 Å². The first-order valence-electron chi connectivity index (χ1n) is 11.0. The number of nitrogens with zero attached hydrogens (tertiary/aromatic N) is 4. The van der Waals surface area contributed by atoms with Crippen molar-refractivity contribution in [3.05, 3.63) is 52.7 Å². The van der Waals surface area contributed by atoms with Gasteiger partial charge in [0.2, 0.25) is 5.91 Å². The Bertz CT molecular complexity index is 946. The van der Waals surface area contributed by atoms with Crippen LogP contribution in [-0.2, 0) is 11.3 Å². The predicted octanol–water partition coefficient (Wildman–Crippen LogP) is 2.54. The van der Waals surface area contributed by atoms with Gasteiger partial charge in [-0.05, 0) is 56.6 Å². The van der Waals surface area contributed by atoms with Crippen molar-refractivity contribution in [2.24, 2.45) is 0 Å². The molecule has 2 N–H and O–H groups in total. The highest BCUT2D eigenvalue weighted by atomic mass is 16.2. The van der Waals surface area contributed by atoms with E-state index in [0.29, 0.717) is 6.54 Å². The normalized spacial score (nSPS) is 14.2. The number of benzene rings is 1. The molecule has 2 aromatic rings. The molecule has 8 nitrogen and oxygen atoms in total. The highest BCUT2D eigenvalue weighted by molar-refractivity contribution is 5.95. The van der Waals surface area contributed by atoms with Gasteiger partial charge in [0.1, 0.15) is 12.4 Å². The smallest absolute Gasteiger partial charge is 0.317 e. The van der Waals surface area contributed by atoms with Gasteiger partial charge < -0.3 is 25.3 Å². The molecule has 0 bridgehead atoms. The van der Waals surface area contributed by atoms with Gasteiger partial charge in [0, 0.05) is 51.7 Å². The minimum Gasteiger partial charge on any atom is -0.354 e. The molecule has 172 valence electrons. The van der Waals surface area contributed by atoms with Crippen molar-refractivity contribution in [1.82, 2.24) is 20.1 Å². The molecule has 1 saturated heterocycles. The molecular formula is C24H34N6O2. The van der Waals surface area contributed by atoms with Crippen LogP contribution in [0.15, 0.2) is 30.5 Å². The fourth-order valence-electron chi connectivity index (χ4n) is 3.94. The van der Waals surface area contributed by atoms with Gasteiger partial charge in [-0.2, -0.15) is 0 Å². The van der Waals surface area contributed by atoms with E-state index in [4.69, 9.17) is 0 Å². The zero-order chi connectivity index (χ0) is 23.3. The fourth-order valence-corrected chi connectivity index (χ4v) is 3.94. The summed E-state index contributed by atoms with van der Waals surface area (Å²) >= 11 is 0. The molecule has 1 aliphatic rings. The summed E-state index contributed by atoms with van der Waals surface area (Å²) in [5.74, 6) is 0.709. The second-order valence-corrected chi connectivity index (χ2v) is 8.65. The van der Waals surface area contributed by atoms with Crippen LogP contribution in [0.4, 0.5) is 16.3 Å². The van der Waals surface area contributed by atoms with Crippen molar-refractivity contribution in [3.8, 4) is 0 Å². The standard InChI is InChI=1S/C24H34N6O2/c1-17-12-18(2)23(19(3)13-17)27-22(31)16-29(5)24(32)26-15-20-6-7-25-21(14-20)30-10-8-28(4)9-11-30/h6-7,12-14H,8-11,15-16H2,1-5H3,(H,26,32)(H,27,31). The Morgan fingerprint density at radius 2 is 1.72 bits per heavy atom. The quantitative estimate of drug-likeness (QED) is 0.725. The van der Waals surface area contributed by atoms with E-state index in [0.717, 1.165) is 59.9 Å². The Morgan fingerprint density at radius 3 is 2.38 bits per heavy atom. The monoisotopic (exact) mass is 438 g/mol. The number of aromatic nitrogens is 1. The van der Waals surface area contributed by atoms with Crippen LogP contribution in [-0.4, -0.2) is 73.5 Å². The molecule has 3 rings (SSSR count). The molecule has 8 heteroatoms. The number of nitrogens with one attached hydrogen (secondary N) is 2. The van der Waals surface area contributed by atoms with Gasteiger partial charge in [-0.15, -0.1) is 0 Å². The van der Waals surface area contributed by atoms with E-state index in [9.17, 15) is 9.59 Å². The minimum atomic E-state index is -0.296. The van der Waals surface area contributed by atoms with E-state index in [2.05, 4.69) is 32.5 Å². The minimum absolute atomic E-state index is 0.0263. The lowest BCUT2D eigenvalue weighted by atomic mass is 10.1. The third kappa shape index (κ3) is 6.20. The molecule has 1 aromatic carbocycles. The largest absolute Gasteiger partial charge is 0.354 e. The van der Waals surface area contributed by atoms with Gasteiger partial charge in [0.15, 0.2) is 0 Å². The predicted molar refractivity (Wildman–Crippen MR) is 128 cm³/mol. The Hall–Kier alpha value is -3.13. The topological polar surface area (TPSA) is 80.8 Å². The molecule has 0 spiro atoms. The molecule has 1 fully saturated rings. The average molecular weight is 439 g/mol. The maximum Gasteiger partial charge on any atom is 0.317 e. The number of hydrogen-bond acceptors (Lipinski definition) is 5. The number of pyridine rings is 1. The third-order valence-electron chi connectivity index (χ3n) is 5.75. The molecule has 1 aromatic heterocycles. The summed E-state index contributed by atoms with van der Waals surface area (Å²) < 4.78 is 0. The summed E-state index contributed by atoms with van der Waals surface area (Å²) in [5, 5.41) is 5.82. The molecular weight excluding hydrogens is 404 g/mol. The number of rotatable bonds is 6. The zero-order valence-corrected chi connectivity index (χ0v) is 19.7. The van der Waals surface area contributed by atoms with Crippen molar-refractivity contribution in [3.63, 3.8) is 0 Å². The third-order valence-corrected chi connectivity index (χ3v) is 5.75. The summed E-state index contributed by atoms with van der Waals surface area (Å²) in [5.41, 5.74) is 4.96. The SMILES string of the molecule is Cc1cc(C)c(NC(=O)CN(C)C(=O)NCc2ccnc(N3CCN(C)CC3)c2)c(C)c1. The first kappa shape index (κ1) is 23.5. The van der Waals surface area contributed by atoms with Crippen molar-refractivity contribution in [1.29, 1.82) is 0 Å². The van der Waals surface area contributed by atoms with Crippen molar-refractivity contribution in [2.75, 3.05) is 57.0 Å². The molecule has 0 atom stereocenters. The molecule has 0 aliphatic carbocycles. The highest BCUT2D eigenvalue weighted by Gasteiger charge is 2.17. The lowest BCUT2D eigenvalue weighted by Gasteiger charge is -2.33. The lowest BCUT2D eigenvalue weighted by molar-refractivity contribution is -0.116.